The fraction of sp³-hybridized carbons (Fsp3) is 0.0800. The lowest BCUT2D eigenvalue weighted by Crippen LogP contribution is -2.24. The van der Waals surface area contributed by atoms with Crippen molar-refractivity contribution < 1.29 is 9.13 Å². The Kier molecular flexibility index (Phi) is 7.20. The quantitative estimate of drug-likeness (QED) is 0.185. The van der Waals surface area contributed by atoms with Gasteiger partial charge in [0.05, 0.1) is 23.2 Å². The lowest BCUT2D eigenvalue weighted by Gasteiger charge is -2.11. The second-order valence-corrected chi connectivity index (χ2v) is 8.16. The number of hydrogen-bond donors (Lipinski definition) is 2. The number of hydrogen-bond acceptors (Lipinski definition) is 4. The summed E-state index contributed by atoms with van der Waals surface area (Å²) in [4.78, 5) is 0. The van der Waals surface area contributed by atoms with Crippen LogP contribution in [0.5, 0.6) is 11.6 Å². The van der Waals surface area contributed by atoms with Crippen LogP contribution in [0.3, 0.4) is 0 Å². The second-order valence-electron chi connectivity index (χ2n) is 7.34. The number of nitrogens with one attached hydrogen (secondary N) is 2. The molecule has 0 atom stereocenters. The summed E-state index contributed by atoms with van der Waals surface area (Å²) in [6, 6.07) is 20.9. The molecule has 172 valence electrons. The molecule has 9 heteroatoms. The Morgan fingerprint density at radius 3 is 2.53 bits per heavy atom. The highest BCUT2D eigenvalue weighted by molar-refractivity contribution is 7.80. The van der Waals surface area contributed by atoms with E-state index in [0.717, 1.165) is 16.9 Å². The van der Waals surface area contributed by atoms with Crippen molar-refractivity contribution >= 4 is 40.8 Å². The first-order valence-corrected chi connectivity index (χ1v) is 11.1. The van der Waals surface area contributed by atoms with Crippen LogP contribution in [0.4, 0.5) is 10.1 Å². The highest BCUT2D eigenvalue weighted by Crippen LogP contribution is 2.29. The van der Waals surface area contributed by atoms with E-state index in [1.165, 1.54) is 12.1 Å². The molecule has 0 fully saturated rings. The van der Waals surface area contributed by atoms with Gasteiger partial charge in [-0.15, -0.1) is 0 Å². The smallest absolute Gasteiger partial charge is 0.231 e. The zero-order valence-electron chi connectivity index (χ0n) is 18.4. The van der Waals surface area contributed by atoms with Gasteiger partial charge in [0.15, 0.2) is 5.11 Å². The molecule has 0 saturated carbocycles. The van der Waals surface area contributed by atoms with Crippen molar-refractivity contribution in [3.05, 3.63) is 100 Å². The Hall–Kier alpha value is -3.75. The average Bonchev–Trinajstić information content (AvgIpc) is 3.14. The molecule has 0 radical (unpaired) electrons. The van der Waals surface area contributed by atoms with Crippen LogP contribution >= 0.6 is 23.8 Å². The van der Waals surface area contributed by atoms with Crippen LogP contribution in [-0.4, -0.2) is 21.1 Å². The third kappa shape index (κ3) is 5.41. The maximum Gasteiger partial charge on any atom is 0.231 e. The Labute approximate surface area is 207 Å². The molecule has 3 aromatic carbocycles. The first kappa shape index (κ1) is 23.4. The van der Waals surface area contributed by atoms with E-state index in [4.69, 9.17) is 28.6 Å². The first-order chi connectivity index (χ1) is 16.4. The summed E-state index contributed by atoms with van der Waals surface area (Å²) < 4.78 is 21.1. The third-order valence-corrected chi connectivity index (χ3v) is 5.57. The minimum Gasteiger partial charge on any atom is -0.438 e. The SMILES string of the molecule is Cc1nn(-c2ccccc2)c(Oc2ccc(F)cc2)c1/C=N\NC(=S)Nc1cccc(Cl)c1C. The van der Waals surface area contributed by atoms with E-state index in [1.54, 1.807) is 23.0 Å². The molecular weight excluding hydrogens is 473 g/mol. The van der Waals surface area contributed by atoms with Crippen LogP contribution in [0.2, 0.25) is 5.02 Å². The molecule has 0 spiro atoms. The maximum absolute atomic E-state index is 13.4. The Bertz CT molecular complexity index is 1340. The highest BCUT2D eigenvalue weighted by atomic mass is 35.5. The summed E-state index contributed by atoms with van der Waals surface area (Å²) in [5.74, 6) is 0.558. The lowest BCUT2D eigenvalue weighted by molar-refractivity contribution is 0.442. The van der Waals surface area contributed by atoms with Gasteiger partial charge < -0.3 is 10.1 Å². The number of halogens is 2. The average molecular weight is 494 g/mol. The van der Waals surface area contributed by atoms with Crippen LogP contribution in [0, 0.1) is 19.7 Å². The largest absolute Gasteiger partial charge is 0.438 e. The van der Waals surface area contributed by atoms with Gasteiger partial charge in [0.2, 0.25) is 5.88 Å². The van der Waals surface area contributed by atoms with E-state index in [2.05, 4.69) is 20.9 Å². The summed E-state index contributed by atoms with van der Waals surface area (Å²) in [5.41, 5.74) is 6.61. The molecule has 0 amide bonds. The van der Waals surface area contributed by atoms with Crippen molar-refractivity contribution in [1.82, 2.24) is 15.2 Å². The third-order valence-electron chi connectivity index (χ3n) is 4.97. The number of nitrogens with zero attached hydrogens (tertiary/aromatic N) is 3. The number of para-hydroxylation sites is 1. The zero-order chi connectivity index (χ0) is 24.1. The Morgan fingerprint density at radius 1 is 1.06 bits per heavy atom. The molecule has 0 aliphatic carbocycles. The van der Waals surface area contributed by atoms with Gasteiger partial charge in [-0.25, -0.2) is 4.39 Å². The van der Waals surface area contributed by atoms with E-state index in [1.807, 2.05) is 62.4 Å². The standard InChI is InChI=1S/C25H21ClFN5OS/c1-16-22(26)9-6-10-23(16)29-25(34)30-28-15-21-17(2)31-32(19-7-4-3-5-8-19)24(21)33-20-13-11-18(27)12-14-20/h3-15H,1-2H3,(H2,29,30,34)/b28-15-. The van der Waals surface area contributed by atoms with Gasteiger partial charge in [0.1, 0.15) is 11.6 Å². The lowest BCUT2D eigenvalue weighted by atomic mass is 10.2. The molecule has 0 unspecified atom stereocenters. The van der Waals surface area contributed by atoms with Crippen LogP contribution in [-0.2, 0) is 0 Å². The number of aryl methyl sites for hydroxylation is 1. The molecular formula is C25H21ClFN5OS. The van der Waals surface area contributed by atoms with Crippen molar-refractivity contribution in [2.75, 3.05) is 5.32 Å². The molecule has 6 nitrogen and oxygen atoms in total. The predicted octanol–water partition coefficient (Wildman–Crippen LogP) is 6.39. The van der Waals surface area contributed by atoms with E-state index in [-0.39, 0.29) is 5.82 Å². The molecule has 4 rings (SSSR count). The van der Waals surface area contributed by atoms with E-state index in [9.17, 15) is 4.39 Å². The second kappa shape index (κ2) is 10.5. The van der Waals surface area contributed by atoms with Crippen molar-refractivity contribution in [2.45, 2.75) is 13.8 Å². The number of benzene rings is 3. The molecule has 1 heterocycles. The van der Waals surface area contributed by atoms with Crippen LogP contribution in [0.15, 0.2) is 77.9 Å². The summed E-state index contributed by atoms with van der Waals surface area (Å²) in [6.07, 6.45) is 1.58. The van der Waals surface area contributed by atoms with Gasteiger partial charge in [-0.3, -0.25) is 5.43 Å². The summed E-state index contributed by atoms with van der Waals surface area (Å²) in [6.45, 7) is 3.75. The number of anilines is 1. The van der Waals surface area contributed by atoms with Gasteiger partial charge >= 0.3 is 0 Å². The predicted molar refractivity (Wildman–Crippen MR) is 138 cm³/mol. The van der Waals surface area contributed by atoms with E-state index in [0.29, 0.717) is 33.0 Å². The molecule has 4 aromatic rings. The van der Waals surface area contributed by atoms with Gasteiger partial charge in [0.25, 0.3) is 0 Å². The Morgan fingerprint density at radius 2 is 1.79 bits per heavy atom. The summed E-state index contributed by atoms with van der Waals surface area (Å²) >= 11 is 11.5. The van der Waals surface area contributed by atoms with Crippen LogP contribution in [0.25, 0.3) is 5.69 Å². The van der Waals surface area contributed by atoms with Gasteiger partial charge in [-0.05, 0) is 80.2 Å². The minimum atomic E-state index is -0.345. The van der Waals surface area contributed by atoms with Crippen molar-refractivity contribution in [2.24, 2.45) is 5.10 Å². The molecule has 0 bridgehead atoms. The zero-order valence-corrected chi connectivity index (χ0v) is 20.0. The van der Waals surface area contributed by atoms with Gasteiger partial charge in [0, 0.05) is 10.7 Å². The highest BCUT2D eigenvalue weighted by Gasteiger charge is 2.18. The van der Waals surface area contributed by atoms with Crippen LogP contribution < -0.4 is 15.5 Å². The normalized spacial score (nSPS) is 10.9. The summed E-state index contributed by atoms with van der Waals surface area (Å²) in [5, 5.41) is 12.9. The first-order valence-electron chi connectivity index (χ1n) is 10.4. The topological polar surface area (TPSA) is 63.5 Å². The van der Waals surface area contributed by atoms with Crippen molar-refractivity contribution in [3.63, 3.8) is 0 Å². The monoisotopic (exact) mass is 493 g/mol. The molecule has 0 aliphatic rings. The molecule has 0 aliphatic heterocycles. The van der Waals surface area contributed by atoms with Gasteiger partial charge in [-0.1, -0.05) is 35.9 Å². The molecule has 34 heavy (non-hydrogen) atoms. The van der Waals surface area contributed by atoms with Crippen molar-refractivity contribution in [1.29, 1.82) is 0 Å². The molecule has 1 aromatic heterocycles. The van der Waals surface area contributed by atoms with E-state index >= 15 is 0 Å². The molecule has 2 N–H and O–H groups in total. The number of hydrazone groups is 1. The molecule has 0 saturated heterocycles. The Balaban J connectivity index is 1.59. The minimum absolute atomic E-state index is 0.302. The number of aromatic nitrogens is 2. The fourth-order valence-corrected chi connectivity index (χ4v) is 3.51. The number of ether oxygens (including phenoxy) is 1. The number of thiocarbonyl (C=S) groups is 1. The maximum atomic E-state index is 13.4. The number of rotatable bonds is 6. The fourth-order valence-electron chi connectivity index (χ4n) is 3.17. The van der Waals surface area contributed by atoms with Gasteiger partial charge in [-0.2, -0.15) is 14.9 Å². The van der Waals surface area contributed by atoms with Crippen LogP contribution in [0.1, 0.15) is 16.8 Å². The van der Waals surface area contributed by atoms with E-state index < -0.39 is 0 Å². The van der Waals surface area contributed by atoms with Crippen molar-refractivity contribution in [3.8, 4) is 17.3 Å². The summed E-state index contributed by atoms with van der Waals surface area (Å²) in [7, 11) is 0.